The fourth-order valence-electron chi connectivity index (χ4n) is 2.49. The van der Waals surface area contributed by atoms with Crippen molar-refractivity contribution in [2.45, 2.75) is 6.92 Å². The third-order valence-electron chi connectivity index (χ3n) is 3.85. The average molecular weight is 431 g/mol. The van der Waals surface area contributed by atoms with Crippen LogP contribution in [0, 0.1) is 6.92 Å². The van der Waals surface area contributed by atoms with Gasteiger partial charge < -0.3 is 15.2 Å². The SMILES string of the molecule is COC(=O)c1cccc(NC(=O)c2nnn(-c3cccc(Br)c3)c2C)c1O. The summed E-state index contributed by atoms with van der Waals surface area (Å²) < 4.78 is 7.00. The number of aromatic hydroxyl groups is 1. The van der Waals surface area contributed by atoms with Gasteiger partial charge in [0.15, 0.2) is 11.4 Å². The first-order valence-electron chi connectivity index (χ1n) is 7.82. The maximum Gasteiger partial charge on any atom is 0.341 e. The van der Waals surface area contributed by atoms with E-state index in [1.54, 1.807) is 6.92 Å². The highest BCUT2D eigenvalue weighted by Crippen LogP contribution is 2.28. The number of esters is 1. The summed E-state index contributed by atoms with van der Waals surface area (Å²) in [6, 6.07) is 11.8. The van der Waals surface area contributed by atoms with E-state index in [2.05, 4.69) is 36.3 Å². The van der Waals surface area contributed by atoms with Crippen LogP contribution in [0.15, 0.2) is 46.9 Å². The van der Waals surface area contributed by atoms with Crippen LogP contribution in [0.25, 0.3) is 5.69 Å². The number of amides is 1. The van der Waals surface area contributed by atoms with Gasteiger partial charge in [-0.15, -0.1) is 5.10 Å². The molecule has 0 spiro atoms. The smallest absolute Gasteiger partial charge is 0.341 e. The first-order chi connectivity index (χ1) is 12.9. The normalized spacial score (nSPS) is 10.5. The van der Waals surface area contributed by atoms with Gasteiger partial charge in [0.1, 0.15) is 5.56 Å². The summed E-state index contributed by atoms with van der Waals surface area (Å²) in [6.07, 6.45) is 0. The van der Waals surface area contributed by atoms with Gasteiger partial charge in [-0.1, -0.05) is 33.3 Å². The number of nitrogens with zero attached hydrogens (tertiary/aromatic N) is 3. The molecule has 0 fully saturated rings. The van der Waals surface area contributed by atoms with E-state index in [1.165, 1.54) is 30.0 Å². The molecule has 27 heavy (non-hydrogen) atoms. The highest BCUT2D eigenvalue weighted by Gasteiger charge is 2.21. The Morgan fingerprint density at radius 1 is 1.22 bits per heavy atom. The second-order valence-electron chi connectivity index (χ2n) is 5.56. The van der Waals surface area contributed by atoms with Crippen LogP contribution in [0.5, 0.6) is 5.75 Å². The van der Waals surface area contributed by atoms with Crippen molar-refractivity contribution >= 4 is 33.5 Å². The van der Waals surface area contributed by atoms with Gasteiger partial charge in [0.25, 0.3) is 5.91 Å². The van der Waals surface area contributed by atoms with E-state index in [-0.39, 0.29) is 22.7 Å². The van der Waals surface area contributed by atoms with E-state index in [0.717, 1.165) is 10.2 Å². The molecular weight excluding hydrogens is 416 g/mol. The lowest BCUT2D eigenvalue weighted by molar-refractivity contribution is 0.0597. The maximum atomic E-state index is 12.6. The van der Waals surface area contributed by atoms with Gasteiger partial charge in [0.05, 0.1) is 24.2 Å². The molecule has 1 aromatic heterocycles. The fourth-order valence-corrected chi connectivity index (χ4v) is 2.88. The highest BCUT2D eigenvalue weighted by molar-refractivity contribution is 9.10. The number of hydrogen-bond acceptors (Lipinski definition) is 6. The predicted octanol–water partition coefficient (Wildman–Crippen LogP) is 3.08. The Balaban J connectivity index is 1.89. The van der Waals surface area contributed by atoms with Crippen LogP contribution < -0.4 is 5.32 Å². The molecule has 138 valence electrons. The Morgan fingerprint density at radius 2 is 1.96 bits per heavy atom. The predicted molar refractivity (Wildman–Crippen MR) is 101 cm³/mol. The molecule has 0 unspecified atom stereocenters. The molecule has 0 radical (unpaired) electrons. The summed E-state index contributed by atoms with van der Waals surface area (Å²) in [4.78, 5) is 24.2. The number of benzene rings is 2. The molecule has 1 heterocycles. The summed E-state index contributed by atoms with van der Waals surface area (Å²) in [5.74, 6) is -1.65. The number of aromatic nitrogens is 3. The molecule has 0 saturated carbocycles. The van der Waals surface area contributed by atoms with E-state index in [1.807, 2.05) is 24.3 Å². The monoisotopic (exact) mass is 430 g/mol. The summed E-state index contributed by atoms with van der Waals surface area (Å²) in [6.45, 7) is 1.71. The standard InChI is InChI=1S/C18H15BrN4O4/c1-10-15(21-22-23(10)12-6-3-5-11(19)9-12)17(25)20-14-8-4-7-13(16(14)24)18(26)27-2/h3-9,24H,1-2H3,(H,20,25). The minimum absolute atomic E-state index is 0.0511. The van der Waals surface area contributed by atoms with Crippen molar-refractivity contribution in [1.82, 2.24) is 15.0 Å². The molecule has 3 rings (SSSR count). The van der Waals surface area contributed by atoms with Gasteiger partial charge in [0, 0.05) is 4.47 Å². The first kappa shape index (κ1) is 18.6. The fraction of sp³-hybridized carbons (Fsp3) is 0.111. The number of anilines is 1. The lowest BCUT2D eigenvalue weighted by Crippen LogP contribution is -2.15. The van der Waals surface area contributed by atoms with Crippen molar-refractivity contribution in [3.63, 3.8) is 0 Å². The number of hydrogen-bond donors (Lipinski definition) is 2. The molecule has 0 bridgehead atoms. The number of nitrogens with one attached hydrogen (secondary N) is 1. The molecule has 0 saturated heterocycles. The van der Waals surface area contributed by atoms with E-state index in [9.17, 15) is 14.7 Å². The van der Waals surface area contributed by atoms with Crippen molar-refractivity contribution in [2.24, 2.45) is 0 Å². The maximum absolute atomic E-state index is 12.6. The van der Waals surface area contributed by atoms with Crippen LogP contribution in [-0.4, -0.2) is 39.1 Å². The summed E-state index contributed by atoms with van der Waals surface area (Å²) in [5, 5.41) is 20.7. The zero-order valence-corrected chi connectivity index (χ0v) is 16.0. The second kappa shape index (κ2) is 7.58. The zero-order chi connectivity index (χ0) is 19.6. The van der Waals surface area contributed by atoms with E-state index in [4.69, 9.17) is 0 Å². The molecular formula is C18H15BrN4O4. The lowest BCUT2D eigenvalue weighted by Gasteiger charge is -2.09. The third kappa shape index (κ3) is 3.68. The van der Waals surface area contributed by atoms with Crippen molar-refractivity contribution in [1.29, 1.82) is 0 Å². The second-order valence-corrected chi connectivity index (χ2v) is 6.48. The van der Waals surface area contributed by atoms with Crippen LogP contribution in [0.4, 0.5) is 5.69 Å². The molecule has 0 aliphatic rings. The highest BCUT2D eigenvalue weighted by atomic mass is 79.9. The Hall–Kier alpha value is -3.20. The van der Waals surface area contributed by atoms with Crippen molar-refractivity contribution in [3.05, 3.63) is 63.9 Å². The largest absolute Gasteiger partial charge is 0.505 e. The van der Waals surface area contributed by atoms with Gasteiger partial charge in [-0.2, -0.15) is 0 Å². The summed E-state index contributed by atoms with van der Waals surface area (Å²) in [7, 11) is 1.20. The van der Waals surface area contributed by atoms with Crippen LogP contribution in [0.2, 0.25) is 0 Å². The van der Waals surface area contributed by atoms with Gasteiger partial charge in [-0.3, -0.25) is 4.79 Å². The quantitative estimate of drug-likeness (QED) is 0.486. The number of phenolic OH excluding ortho intramolecular Hbond substituents is 1. The van der Waals surface area contributed by atoms with Crippen LogP contribution in [-0.2, 0) is 4.74 Å². The molecule has 3 aromatic rings. The number of carbonyl (C=O) groups excluding carboxylic acids is 2. The lowest BCUT2D eigenvalue weighted by atomic mass is 10.1. The molecule has 9 heteroatoms. The minimum atomic E-state index is -0.708. The molecule has 2 aromatic carbocycles. The van der Waals surface area contributed by atoms with Crippen molar-refractivity contribution in [2.75, 3.05) is 12.4 Å². The number of phenols is 1. The van der Waals surface area contributed by atoms with Gasteiger partial charge in [0.2, 0.25) is 0 Å². The van der Waals surface area contributed by atoms with Crippen LogP contribution in [0.3, 0.4) is 0 Å². The molecule has 8 nitrogen and oxygen atoms in total. The Labute approximate surface area is 162 Å². The Bertz CT molecular complexity index is 1030. The van der Waals surface area contributed by atoms with Gasteiger partial charge in [-0.25, -0.2) is 9.48 Å². The van der Waals surface area contributed by atoms with Crippen LogP contribution >= 0.6 is 15.9 Å². The minimum Gasteiger partial charge on any atom is -0.505 e. The number of rotatable bonds is 4. The zero-order valence-electron chi connectivity index (χ0n) is 14.4. The van der Waals surface area contributed by atoms with Crippen molar-refractivity contribution < 1.29 is 19.4 Å². The van der Waals surface area contributed by atoms with E-state index in [0.29, 0.717) is 5.69 Å². The number of methoxy groups -OCH3 is 1. The number of carbonyl (C=O) groups is 2. The van der Waals surface area contributed by atoms with Gasteiger partial charge >= 0.3 is 5.97 Å². The van der Waals surface area contributed by atoms with Gasteiger partial charge in [-0.05, 0) is 37.3 Å². The number of para-hydroxylation sites is 1. The Morgan fingerprint density at radius 3 is 2.67 bits per heavy atom. The van der Waals surface area contributed by atoms with Crippen LogP contribution in [0.1, 0.15) is 26.5 Å². The topological polar surface area (TPSA) is 106 Å². The number of halogens is 1. The molecule has 0 aliphatic heterocycles. The average Bonchev–Trinajstić information content (AvgIpc) is 3.04. The molecule has 0 atom stereocenters. The summed E-state index contributed by atoms with van der Waals surface area (Å²) >= 11 is 3.39. The summed E-state index contributed by atoms with van der Waals surface area (Å²) in [5.41, 5.74) is 1.38. The molecule has 2 N–H and O–H groups in total. The first-order valence-corrected chi connectivity index (χ1v) is 8.61. The number of ether oxygens (including phenoxy) is 1. The molecule has 0 aliphatic carbocycles. The van der Waals surface area contributed by atoms with Crippen molar-refractivity contribution in [3.8, 4) is 11.4 Å². The third-order valence-corrected chi connectivity index (χ3v) is 4.35. The molecule has 1 amide bonds. The van der Waals surface area contributed by atoms with E-state index >= 15 is 0 Å². The Kier molecular flexibility index (Phi) is 5.22. The van der Waals surface area contributed by atoms with E-state index < -0.39 is 11.9 Å².